The number of thioether (sulfide) groups is 1. The predicted octanol–water partition coefficient (Wildman–Crippen LogP) is 3.95. The molecule has 3 rings (SSSR count). The summed E-state index contributed by atoms with van der Waals surface area (Å²) >= 11 is 7.13. The molecule has 8 heteroatoms. The zero-order chi connectivity index (χ0) is 19.2. The van der Waals surface area contributed by atoms with Crippen molar-refractivity contribution in [3.63, 3.8) is 0 Å². The van der Waals surface area contributed by atoms with Crippen LogP contribution < -0.4 is 19.5 Å². The fourth-order valence-electron chi connectivity index (χ4n) is 2.35. The number of hydrogen-bond donors (Lipinski definition) is 2. The molecule has 0 atom stereocenters. The lowest BCUT2D eigenvalue weighted by Gasteiger charge is -2.12. The first kappa shape index (κ1) is 19.1. The minimum absolute atomic E-state index is 0.122. The average Bonchev–Trinajstić information content (AvgIpc) is 2.97. The van der Waals surface area contributed by atoms with Gasteiger partial charge in [-0.2, -0.15) is 0 Å². The molecular formula is C19H17ClN2O4S. The largest absolute Gasteiger partial charge is 0.493 e. The molecular weight excluding hydrogens is 388 g/mol. The fourth-order valence-corrected chi connectivity index (χ4v) is 3.24. The topological polar surface area (TPSA) is 80.6 Å². The maximum absolute atomic E-state index is 11.7. The van der Waals surface area contributed by atoms with E-state index in [0.717, 1.165) is 17.3 Å². The Labute approximate surface area is 166 Å². The number of para-hydroxylation sites is 1. The van der Waals surface area contributed by atoms with E-state index in [2.05, 4.69) is 5.32 Å². The molecule has 0 bridgehead atoms. The summed E-state index contributed by atoms with van der Waals surface area (Å²) in [6, 6.07) is 12.6. The number of ether oxygens (including phenoxy) is 3. The van der Waals surface area contributed by atoms with Crippen LogP contribution in [-0.4, -0.2) is 31.4 Å². The van der Waals surface area contributed by atoms with E-state index in [1.807, 2.05) is 18.2 Å². The van der Waals surface area contributed by atoms with Crippen molar-refractivity contribution in [2.75, 3.05) is 20.3 Å². The Bertz CT molecular complexity index is 901. The molecule has 0 saturated carbocycles. The molecule has 1 saturated heterocycles. The van der Waals surface area contributed by atoms with Crippen LogP contribution in [0, 0.1) is 5.41 Å². The molecule has 27 heavy (non-hydrogen) atoms. The van der Waals surface area contributed by atoms with Crippen LogP contribution in [-0.2, 0) is 4.79 Å². The second-order valence-corrected chi connectivity index (χ2v) is 6.89. The molecule has 140 valence electrons. The zero-order valence-corrected chi connectivity index (χ0v) is 16.0. The normalized spacial score (nSPS) is 15.0. The van der Waals surface area contributed by atoms with Gasteiger partial charge in [0.2, 0.25) is 0 Å². The Morgan fingerprint density at radius 1 is 1.11 bits per heavy atom. The van der Waals surface area contributed by atoms with Crippen molar-refractivity contribution in [2.24, 2.45) is 0 Å². The number of rotatable bonds is 7. The van der Waals surface area contributed by atoms with Crippen LogP contribution >= 0.6 is 23.4 Å². The molecule has 0 radical (unpaired) electrons. The second kappa shape index (κ2) is 8.83. The standard InChI is InChI=1S/C19H17ClN2O4S/c1-24-16-10-12(11-17-18(23)22-19(21)27-17)6-7-15(16)26-9-8-25-14-5-3-2-4-13(14)20/h2-7,10-11H,8-9H2,1H3,(H2,21,22,23). The van der Waals surface area contributed by atoms with Crippen molar-refractivity contribution in [3.05, 3.63) is 58.0 Å². The van der Waals surface area contributed by atoms with Gasteiger partial charge in [-0.15, -0.1) is 0 Å². The van der Waals surface area contributed by atoms with Gasteiger partial charge in [0.15, 0.2) is 16.7 Å². The van der Waals surface area contributed by atoms with Gasteiger partial charge < -0.3 is 19.5 Å². The van der Waals surface area contributed by atoms with E-state index < -0.39 is 0 Å². The molecule has 2 aromatic rings. The average molecular weight is 405 g/mol. The minimum atomic E-state index is -0.277. The maximum Gasteiger partial charge on any atom is 0.264 e. The molecule has 0 unspecified atom stereocenters. The highest BCUT2D eigenvalue weighted by Gasteiger charge is 2.22. The van der Waals surface area contributed by atoms with E-state index in [-0.39, 0.29) is 11.1 Å². The first-order chi connectivity index (χ1) is 13.1. The van der Waals surface area contributed by atoms with Crippen LogP contribution in [0.4, 0.5) is 0 Å². The molecule has 0 aliphatic carbocycles. The quantitative estimate of drug-likeness (QED) is 0.539. The van der Waals surface area contributed by atoms with E-state index in [1.54, 1.807) is 37.5 Å². The summed E-state index contributed by atoms with van der Waals surface area (Å²) in [5.74, 6) is 1.44. The van der Waals surface area contributed by atoms with Crippen molar-refractivity contribution in [1.29, 1.82) is 5.41 Å². The number of amides is 1. The fraction of sp³-hybridized carbons (Fsp3) is 0.158. The molecule has 1 aliphatic rings. The second-order valence-electron chi connectivity index (χ2n) is 5.43. The van der Waals surface area contributed by atoms with Gasteiger partial charge in [0.05, 0.1) is 17.0 Å². The van der Waals surface area contributed by atoms with Crippen molar-refractivity contribution < 1.29 is 19.0 Å². The van der Waals surface area contributed by atoms with Gasteiger partial charge in [0.1, 0.15) is 19.0 Å². The van der Waals surface area contributed by atoms with E-state index in [1.165, 1.54) is 0 Å². The van der Waals surface area contributed by atoms with Crippen LogP contribution in [0.3, 0.4) is 0 Å². The number of benzene rings is 2. The van der Waals surface area contributed by atoms with Crippen LogP contribution in [0.1, 0.15) is 5.56 Å². The summed E-state index contributed by atoms with van der Waals surface area (Å²) < 4.78 is 16.7. The van der Waals surface area contributed by atoms with Gasteiger partial charge in [-0.05, 0) is 47.7 Å². The number of carbonyl (C=O) groups is 1. The van der Waals surface area contributed by atoms with Crippen LogP contribution in [0.25, 0.3) is 6.08 Å². The van der Waals surface area contributed by atoms with E-state index in [9.17, 15) is 4.79 Å². The summed E-state index contributed by atoms with van der Waals surface area (Å²) in [5, 5.41) is 10.6. The van der Waals surface area contributed by atoms with Crippen molar-refractivity contribution in [3.8, 4) is 17.2 Å². The molecule has 0 aromatic heterocycles. The van der Waals surface area contributed by atoms with Crippen molar-refractivity contribution in [2.45, 2.75) is 0 Å². The van der Waals surface area contributed by atoms with Gasteiger partial charge in [0.25, 0.3) is 5.91 Å². The molecule has 2 aromatic carbocycles. The lowest BCUT2D eigenvalue weighted by Crippen LogP contribution is -2.18. The maximum atomic E-state index is 11.7. The summed E-state index contributed by atoms with van der Waals surface area (Å²) in [7, 11) is 1.55. The van der Waals surface area contributed by atoms with Gasteiger partial charge in [-0.1, -0.05) is 29.8 Å². The summed E-state index contributed by atoms with van der Waals surface area (Å²) in [6.45, 7) is 0.648. The molecule has 1 aliphatic heterocycles. The Morgan fingerprint density at radius 3 is 2.52 bits per heavy atom. The summed E-state index contributed by atoms with van der Waals surface area (Å²) in [4.78, 5) is 12.2. The van der Waals surface area contributed by atoms with Crippen molar-refractivity contribution in [1.82, 2.24) is 5.32 Å². The van der Waals surface area contributed by atoms with E-state index in [4.69, 9.17) is 31.2 Å². The number of nitrogens with one attached hydrogen (secondary N) is 2. The van der Waals surface area contributed by atoms with E-state index >= 15 is 0 Å². The number of halogens is 1. The molecule has 1 amide bonds. The van der Waals surface area contributed by atoms with Gasteiger partial charge in [0, 0.05) is 0 Å². The smallest absolute Gasteiger partial charge is 0.264 e. The molecule has 1 heterocycles. The third kappa shape index (κ3) is 4.96. The Morgan fingerprint density at radius 2 is 1.85 bits per heavy atom. The molecule has 1 fully saturated rings. The third-order valence-corrected chi connectivity index (χ3v) is 4.73. The Hall–Kier alpha value is -2.64. The van der Waals surface area contributed by atoms with Crippen molar-refractivity contribution >= 4 is 40.5 Å². The number of methoxy groups -OCH3 is 1. The van der Waals surface area contributed by atoms with E-state index in [0.29, 0.717) is 40.4 Å². The van der Waals surface area contributed by atoms with Crippen LogP contribution in [0.5, 0.6) is 17.2 Å². The number of hydrogen-bond acceptors (Lipinski definition) is 6. The third-order valence-electron chi connectivity index (χ3n) is 3.58. The van der Waals surface area contributed by atoms with Gasteiger partial charge in [-0.3, -0.25) is 10.2 Å². The number of amidine groups is 1. The van der Waals surface area contributed by atoms with Gasteiger partial charge in [-0.25, -0.2) is 0 Å². The molecule has 6 nitrogen and oxygen atoms in total. The minimum Gasteiger partial charge on any atom is -0.493 e. The lowest BCUT2D eigenvalue weighted by molar-refractivity contribution is -0.115. The first-order valence-corrected chi connectivity index (χ1v) is 9.24. The first-order valence-electron chi connectivity index (χ1n) is 8.04. The monoisotopic (exact) mass is 404 g/mol. The number of carbonyl (C=O) groups excluding carboxylic acids is 1. The highest BCUT2D eigenvalue weighted by atomic mass is 35.5. The zero-order valence-electron chi connectivity index (χ0n) is 14.5. The highest BCUT2D eigenvalue weighted by Crippen LogP contribution is 2.31. The lowest BCUT2D eigenvalue weighted by atomic mass is 10.2. The molecule has 0 spiro atoms. The highest BCUT2D eigenvalue weighted by molar-refractivity contribution is 8.18. The predicted molar refractivity (Wildman–Crippen MR) is 107 cm³/mol. The van der Waals surface area contributed by atoms with Crippen LogP contribution in [0.2, 0.25) is 5.02 Å². The van der Waals surface area contributed by atoms with Crippen LogP contribution in [0.15, 0.2) is 47.4 Å². The Balaban J connectivity index is 1.61. The summed E-state index contributed by atoms with van der Waals surface area (Å²) in [6.07, 6.45) is 1.70. The van der Waals surface area contributed by atoms with Gasteiger partial charge >= 0.3 is 0 Å². The molecule has 2 N–H and O–H groups in total. The summed E-state index contributed by atoms with van der Waals surface area (Å²) in [5.41, 5.74) is 0.777. The SMILES string of the molecule is COc1cc(C=C2SC(=N)NC2=O)ccc1OCCOc1ccccc1Cl. The Kier molecular flexibility index (Phi) is 6.26.